The second kappa shape index (κ2) is 4.06. The minimum atomic E-state index is 0.310. The van der Waals surface area contributed by atoms with E-state index in [9.17, 15) is 4.79 Å². The molecule has 1 amide bonds. The molecule has 1 aliphatic heterocycles. The van der Waals surface area contributed by atoms with Crippen molar-refractivity contribution in [2.75, 3.05) is 5.73 Å². The van der Waals surface area contributed by atoms with Crippen LogP contribution in [0.2, 0.25) is 0 Å². The second-order valence-corrected chi connectivity index (χ2v) is 5.28. The van der Waals surface area contributed by atoms with E-state index < -0.39 is 0 Å². The fourth-order valence-electron chi connectivity index (χ4n) is 2.66. The van der Waals surface area contributed by atoms with Crippen LogP contribution in [0.5, 0.6) is 0 Å². The van der Waals surface area contributed by atoms with Gasteiger partial charge in [-0.15, -0.1) is 0 Å². The van der Waals surface area contributed by atoms with Gasteiger partial charge in [0.25, 0.3) is 0 Å². The molecule has 0 bridgehead atoms. The number of fused-ring (bicyclic) bond motifs is 1. The Morgan fingerprint density at radius 2 is 2.06 bits per heavy atom. The first-order valence-electron chi connectivity index (χ1n) is 6.37. The highest BCUT2D eigenvalue weighted by Crippen LogP contribution is 2.32. The number of nitrogen functional groups attached to an aromatic ring is 1. The Hall–Kier alpha value is -1.51. The fourth-order valence-corrected chi connectivity index (χ4v) is 2.66. The third-order valence-corrected chi connectivity index (χ3v) is 3.99. The van der Waals surface area contributed by atoms with Gasteiger partial charge in [-0.2, -0.15) is 0 Å². The zero-order chi connectivity index (χ0) is 11.8. The van der Waals surface area contributed by atoms with Crippen LogP contribution in [0.3, 0.4) is 0 Å². The van der Waals surface area contributed by atoms with Crippen LogP contribution in [0.4, 0.5) is 5.69 Å². The van der Waals surface area contributed by atoms with Crippen LogP contribution in [0.15, 0.2) is 18.2 Å². The molecule has 0 radical (unpaired) electrons. The highest BCUT2D eigenvalue weighted by molar-refractivity contribution is 5.77. The van der Waals surface area contributed by atoms with E-state index in [0.29, 0.717) is 11.8 Å². The Kier molecular flexibility index (Phi) is 2.54. The van der Waals surface area contributed by atoms with Gasteiger partial charge in [-0.3, -0.25) is 4.79 Å². The van der Waals surface area contributed by atoms with Gasteiger partial charge in [0, 0.05) is 25.2 Å². The van der Waals surface area contributed by atoms with Crippen molar-refractivity contribution >= 4 is 11.6 Å². The quantitative estimate of drug-likeness (QED) is 0.792. The molecule has 1 aromatic carbocycles. The lowest BCUT2D eigenvalue weighted by Gasteiger charge is -2.26. The standard InChI is InChI=1S/C14H18N2O/c15-13-5-4-11-8-16(9-12(11)7-13)14(17)6-10-2-1-3-10/h4-5,7,10H,1-3,6,8-9,15H2. The summed E-state index contributed by atoms with van der Waals surface area (Å²) in [4.78, 5) is 14.1. The maximum absolute atomic E-state index is 12.1. The maximum Gasteiger partial charge on any atom is 0.223 e. The van der Waals surface area contributed by atoms with Crippen LogP contribution in [0.25, 0.3) is 0 Å². The number of nitrogens with two attached hydrogens (primary N) is 1. The molecule has 0 aromatic heterocycles. The van der Waals surface area contributed by atoms with Gasteiger partial charge in [-0.1, -0.05) is 12.5 Å². The number of hydrogen-bond donors (Lipinski definition) is 1. The van der Waals surface area contributed by atoms with Crippen molar-refractivity contribution in [2.24, 2.45) is 5.92 Å². The predicted octanol–water partition coefficient (Wildman–Crippen LogP) is 2.30. The van der Waals surface area contributed by atoms with E-state index in [1.165, 1.54) is 30.4 Å². The molecule has 2 N–H and O–H groups in total. The van der Waals surface area contributed by atoms with E-state index in [-0.39, 0.29) is 0 Å². The Labute approximate surface area is 102 Å². The van der Waals surface area contributed by atoms with Crippen molar-refractivity contribution in [2.45, 2.75) is 38.8 Å². The van der Waals surface area contributed by atoms with E-state index in [2.05, 4.69) is 0 Å². The van der Waals surface area contributed by atoms with Gasteiger partial charge in [0.2, 0.25) is 5.91 Å². The molecule has 17 heavy (non-hydrogen) atoms. The van der Waals surface area contributed by atoms with Gasteiger partial charge in [0.15, 0.2) is 0 Å². The first kappa shape index (κ1) is 10.6. The molecule has 0 atom stereocenters. The van der Waals surface area contributed by atoms with Gasteiger partial charge < -0.3 is 10.6 Å². The summed E-state index contributed by atoms with van der Waals surface area (Å²) in [6, 6.07) is 5.95. The van der Waals surface area contributed by atoms with Gasteiger partial charge in [-0.05, 0) is 42.0 Å². The summed E-state index contributed by atoms with van der Waals surface area (Å²) in [7, 11) is 0. The molecule has 0 spiro atoms. The minimum absolute atomic E-state index is 0.310. The SMILES string of the molecule is Nc1ccc2c(c1)CN(C(=O)CC1CCC1)C2. The topological polar surface area (TPSA) is 46.3 Å². The molecular weight excluding hydrogens is 212 g/mol. The van der Waals surface area contributed by atoms with Gasteiger partial charge in [-0.25, -0.2) is 0 Å². The van der Waals surface area contributed by atoms with E-state index >= 15 is 0 Å². The number of carbonyl (C=O) groups is 1. The fraction of sp³-hybridized carbons (Fsp3) is 0.500. The molecule has 3 heteroatoms. The smallest absolute Gasteiger partial charge is 0.223 e. The summed E-state index contributed by atoms with van der Waals surface area (Å²) in [5.41, 5.74) is 9.02. The van der Waals surface area contributed by atoms with Crippen LogP contribution in [0.1, 0.15) is 36.8 Å². The van der Waals surface area contributed by atoms with Crippen LogP contribution >= 0.6 is 0 Å². The summed E-state index contributed by atoms with van der Waals surface area (Å²) in [5.74, 6) is 0.959. The monoisotopic (exact) mass is 230 g/mol. The zero-order valence-corrected chi connectivity index (χ0v) is 9.98. The Balaban J connectivity index is 1.66. The maximum atomic E-state index is 12.1. The van der Waals surface area contributed by atoms with Crippen molar-refractivity contribution < 1.29 is 4.79 Å². The lowest BCUT2D eigenvalue weighted by atomic mass is 9.83. The van der Waals surface area contributed by atoms with Crippen molar-refractivity contribution in [1.29, 1.82) is 0 Å². The Morgan fingerprint density at radius 3 is 2.76 bits per heavy atom. The van der Waals surface area contributed by atoms with E-state index in [1.54, 1.807) is 0 Å². The van der Waals surface area contributed by atoms with Crippen molar-refractivity contribution in [3.8, 4) is 0 Å². The summed E-state index contributed by atoms with van der Waals surface area (Å²) in [5, 5.41) is 0. The predicted molar refractivity (Wildman–Crippen MR) is 67.1 cm³/mol. The Morgan fingerprint density at radius 1 is 1.29 bits per heavy atom. The average Bonchev–Trinajstić information content (AvgIpc) is 2.65. The van der Waals surface area contributed by atoms with E-state index in [4.69, 9.17) is 5.73 Å². The zero-order valence-electron chi connectivity index (χ0n) is 9.98. The van der Waals surface area contributed by atoms with Crippen LogP contribution in [0, 0.1) is 5.92 Å². The number of carbonyl (C=O) groups excluding carboxylic acids is 1. The molecule has 1 fully saturated rings. The third-order valence-electron chi connectivity index (χ3n) is 3.99. The first-order chi connectivity index (χ1) is 8.22. The highest BCUT2D eigenvalue weighted by Gasteiger charge is 2.27. The molecule has 2 aliphatic rings. The lowest BCUT2D eigenvalue weighted by Crippen LogP contribution is -2.29. The van der Waals surface area contributed by atoms with Crippen molar-refractivity contribution in [1.82, 2.24) is 4.90 Å². The number of anilines is 1. The van der Waals surface area contributed by atoms with Gasteiger partial charge >= 0.3 is 0 Å². The molecule has 1 heterocycles. The molecule has 3 nitrogen and oxygen atoms in total. The summed E-state index contributed by atoms with van der Waals surface area (Å²) >= 11 is 0. The van der Waals surface area contributed by atoms with E-state index in [0.717, 1.165) is 25.2 Å². The third kappa shape index (κ3) is 2.02. The number of benzene rings is 1. The normalized spacial score (nSPS) is 18.9. The minimum Gasteiger partial charge on any atom is -0.399 e. The molecule has 3 rings (SSSR count). The molecule has 90 valence electrons. The number of hydrogen-bond acceptors (Lipinski definition) is 2. The number of amides is 1. The van der Waals surface area contributed by atoms with E-state index in [1.807, 2.05) is 23.1 Å². The largest absolute Gasteiger partial charge is 0.399 e. The first-order valence-corrected chi connectivity index (χ1v) is 6.37. The van der Waals surface area contributed by atoms with Gasteiger partial charge in [0.05, 0.1) is 0 Å². The molecule has 1 saturated carbocycles. The molecule has 0 saturated heterocycles. The summed E-state index contributed by atoms with van der Waals surface area (Å²) < 4.78 is 0. The van der Waals surface area contributed by atoms with Crippen molar-refractivity contribution in [3.05, 3.63) is 29.3 Å². The average molecular weight is 230 g/mol. The Bertz CT molecular complexity index is 452. The van der Waals surface area contributed by atoms with Crippen LogP contribution in [-0.4, -0.2) is 10.8 Å². The van der Waals surface area contributed by atoms with Crippen LogP contribution < -0.4 is 5.73 Å². The lowest BCUT2D eigenvalue weighted by molar-refractivity contribution is -0.133. The molecular formula is C14H18N2O. The molecule has 0 unspecified atom stereocenters. The van der Waals surface area contributed by atoms with Crippen molar-refractivity contribution in [3.63, 3.8) is 0 Å². The molecule has 1 aromatic rings. The second-order valence-electron chi connectivity index (χ2n) is 5.28. The van der Waals surface area contributed by atoms with Gasteiger partial charge in [0.1, 0.15) is 0 Å². The molecule has 1 aliphatic carbocycles. The number of nitrogens with zero attached hydrogens (tertiary/aromatic N) is 1. The highest BCUT2D eigenvalue weighted by atomic mass is 16.2. The van der Waals surface area contributed by atoms with Crippen LogP contribution in [-0.2, 0) is 17.9 Å². The summed E-state index contributed by atoms with van der Waals surface area (Å²) in [6.45, 7) is 1.51. The number of rotatable bonds is 2. The summed E-state index contributed by atoms with van der Waals surface area (Å²) in [6.07, 6.45) is 4.51.